The Bertz CT molecular complexity index is 1050. The quantitative estimate of drug-likeness (QED) is 0.684. The van der Waals surface area contributed by atoms with Gasteiger partial charge in [0, 0.05) is 12.6 Å². The minimum atomic E-state index is -4.39. The first-order valence-electron chi connectivity index (χ1n) is 10.3. The molecule has 31 heavy (non-hydrogen) atoms. The summed E-state index contributed by atoms with van der Waals surface area (Å²) in [5.41, 5.74) is 3.65. The molecule has 0 saturated carbocycles. The third kappa shape index (κ3) is 6.08. The molecule has 0 fully saturated rings. The highest BCUT2D eigenvalue weighted by atomic mass is 32.2. The van der Waals surface area contributed by atoms with Gasteiger partial charge in [0.05, 0.1) is 10.8 Å². The molecule has 2 aromatic carbocycles. The van der Waals surface area contributed by atoms with Crippen LogP contribution in [-0.2, 0) is 42.0 Å². The van der Waals surface area contributed by atoms with E-state index in [0.717, 1.165) is 16.7 Å². The summed E-state index contributed by atoms with van der Waals surface area (Å²) in [6.07, 6.45) is -2.79. The van der Waals surface area contributed by atoms with E-state index in [1.54, 1.807) is 13.8 Å². The average molecular weight is 455 g/mol. The Morgan fingerprint density at radius 3 is 2.26 bits per heavy atom. The summed E-state index contributed by atoms with van der Waals surface area (Å²) in [7, 11) is 0.295. The van der Waals surface area contributed by atoms with E-state index in [2.05, 4.69) is 4.72 Å². The van der Waals surface area contributed by atoms with Crippen molar-refractivity contribution < 1.29 is 21.6 Å². The topological polar surface area (TPSA) is 49.4 Å². The zero-order valence-electron chi connectivity index (χ0n) is 18.3. The molecule has 2 aromatic rings. The molecule has 1 unspecified atom stereocenters. The lowest BCUT2D eigenvalue weighted by atomic mass is 9.97. The van der Waals surface area contributed by atoms with Crippen molar-refractivity contribution in [2.24, 2.45) is 0 Å². The number of halogens is 3. The molecule has 0 aliphatic heterocycles. The van der Waals surface area contributed by atoms with Crippen molar-refractivity contribution in [2.75, 3.05) is 14.1 Å². The summed E-state index contributed by atoms with van der Waals surface area (Å²) in [4.78, 5) is 1.84. The first-order valence-corrected chi connectivity index (χ1v) is 11.8. The summed E-state index contributed by atoms with van der Waals surface area (Å²) in [6, 6.07) is 9.93. The Hall–Kier alpha value is -1.90. The van der Waals surface area contributed by atoms with Crippen LogP contribution >= 0.6 is 0 Å². The summed E-state index contributed by atoms with van der Waals surface area (Å²) in [5.74, 6) is 0. The maximum absolute atomic E-state index is 13.4. The lowest BCUT2D eigenvalue weighted by Crippen LogP contribution is -2.39. The molecule has 4 nitrogen and oxygen atoms in total. The summed E-state index contributed by atoms with van der Waals surface area (Å²) < 4.78 is 67.2. The number of nitrogens with zero attached hydrogens (tertiary/aromatic N) is 1. The van der Waals surface area contributed by atoms with Crippen LogP contribution < -0.4 is 4.72 Å². The predicted octanol–water partition coefficient (Wildman–Crippen LogP) is 4.15. The van der Waals surface area contributed by atoms with Crippen LogP contribution in [0, 0.1) is 0 Å². The van der Waals surface area contributed by atoms with Crippen molar-refractivity contribution in [2.45, 2.75) is 57.1 Å². The molecular formula is C23H29F3N2O2S. The van der Waals surface area contributed by atoms with E-state index >= 15 is 0 Å². The van der Waals surface area contributed by atoms with Crippen molar-refractivity contribution in [3.05, 3.63) is 69.8 Å². The normalized spacial score (nSPS) is 16.9. The van der Waals surface area contributed by atoms with Crippen LogP contribution in [0.3, 0.4) is 0 Å². The third-order valence-corrected chi connectivity index (χ3v) is 7.34. The SMILES string of the molecule is CC(C)S(=O)(=O)NC1Cc2ccc(Cc3cc(CN(C)C)cc(C(F)(F)F)c3)cc2C1. The molecule has 0 aromatic heterocycles. The second kappa shape index (κ2) is 8.92. The number of hydrogen-bond donors (Lipinski definition) is 1. The van der Waals surface area contributed by atoms with Gasteiger partial charge in [-0.25, -0.2) is 13.1 Å². The van der Waals surface area contributed by atoms with Crippen molar-refractivity contribution in [1.82, 2.24) is 9.62 Å². The van der Waals surface area contributed by atoms with E-state index < -0.39 is 27.0 Å². The fraction of sp³-hybridized carbons (Fsp3) is 0.478. The molecular weight excluding hydrogens is 425 g/mol. The van der Waals surface area contributed by atoms with Gasteiger partial charge in [0.15, 0.2) is 0 Å². The fourth-order valence-electron chi connectivity index (χ4n) is 3.95. The Morgan fingerprint density at radius 2 is 1.65 bits per heavy atom. The zero-order chi connectivity index (χ0) is 23.0. The second-order valence-electron chi connectivity index (χ2n) is 8.87. The number of benzene rings is 2. The van der Waals surface area contributed by atoms with E-state index in [1.165, 1.54) is 12.1 Å². The minimum Gasteiger partial charge on any atom is -0.305 e. The molecule has 0 radical (unpaired) electrons. The molecule has 8 heteroatoms. The molecule has 0 bridgehead atoms. The molecule has 1 aliphatic rings. The third-order valence-electron chi connectivity index (χ3n) is 5.44. The maximum Gasteiger partial charge on any atom is 0.416 e. The van der Waals surface area contributed by atoms with Crippen LogP contribution in [0.4, 0.5) is 13.2 Å². The summed E-state index contributed by atoms with van der Waals surface area (Å²) in [5, 5.41) is -0.496. The van der Waals surface area contributed by atoms with Gasteiger partial charge in [-0.15, -0.1) is 0 Å². The van der Waals surface area contributed by atoms with E-state index in [4.69, 9.17) is 0 Å². The van der Waals surface area contributed by atoms with Crippen molar-refractivity contribution in [1.29, 1.82) is 0 Å². The zero-order valence-corrected chi connectivity index (χ0v) is 19.1. The van der Waals surface area contributed by atoms with Gasteiger partial charge in [-0.05, 0) is 87.2 Å². The predicted molar refractivity (Wildman–Crippen MR) is 116 cm³/mol. The van der Waals surface area contributed by atoms with E-state index in [0.29, 0.717) is 36.9 Å². The van der Waals surface area contributed by atoms with Gasteiger partial charge >= 0.3 is 6.18 Å². The van der Waals surface area contributed by atoms with Crippen LogP contribution in [0.1, 0.15) is 47.2 Å². The number of sulfonamides is 1. The highest BCUT2D eigenvalue weighted by Gasteiger charge is 2.31. The second-order valence-corrected chi connectivity index (χ2v) is 11.1. The van der Waals surface area contributed by atoms with Gasteiger partial charge in [0.25, 0.3) is 0 Å². The van der Waals surface area contributed by atoms with Crippen molar-refractivity contribution in [3.8, 4) is 0 Å². The standard InChI is InChI=1S/C23H29F3N2O2S/c1-15(2)31(29,30)27-22-12-19-6-5-16(9-20(19)13-22)7-17-8-18(14-28(3)4)11-21(10-17)23(24,25)26/h5-6,8-11,15,22,27H,7,12-14H2,1-4H3. The van der Waals surface area contributed by atoms with E-state index in [9.17, 15) is 21.6 Å². The maximum atomic E-state index is 13.4. The molecule has 1 aliphatic carbocycles. The van der Waals surface area contributed by atoms with Gasteiger partial charge in [0.1, 0.15) is 0 Å². The highest BCUT2D eigenvalue weighted by molar-refractivity contribution is 7.90. The van der Waals surface area contributed by atoms with Crippen molar-refractivity contribution >= 4 is 10.0 Å². The van der Waals surface area contributed by atoms with Crippen LogP contribution in [0.15, 0.2) is 36.4 Å². The van der Waals surface area contributed by atoms with Gasteiger partial charge in [-0.2, -0.15) is 13.2 Å². The fourth-order valence-corrected chi connectivity index (χ4v) is 4.86. The van der Waals surface area contributed by atoms with Crippen LogP contribution in [0.5, 0.6) is 0 Å². The average Bonchev–Trinajstić information content (AvgIpc) is 3.00. The molecule has 0 heterocycles. The summed E-state index contributed by atoms with van der Waals surface area (Å²) in [6.45, 7) is 3.71. The molecule has 1 atom stereocenters. The highest BCUT2D eigenvalue weighted by Crippen LogP contribution is 2.32. The van der Waals surface area contributed by atoms with Crippen LogP contribution in [-0.4, -0.2) is 38.7 Å². The first kappa shape index (κ1) is 23.8. The molecule has 170 valence electrons. The lowest BCUT2D eigenvalue weighted by Gasteiger charge is -2.15. The minimum absolute atomic E-state index is 0.182. The Morgan fingerprint density at radius 1 is 1.00 bits per heavy atom. The molecule has 3 rings (SSSR count). The number of hydrogen-bond acceptors (Lipinski definition) is 3. The van der Waals surface area contributed by atoms with E-state index in [1.807, 2.05) is 43.3 Å². The first-order chi connectivity index (χ1) is 14.3. The van der Waals surface area contributed by atoms with Gasteiger partial charge in [-0.3, -0.25) is 0 Å². The number of fused-ring (bicyclic) bond motifs is 1. The molecule has 1 N–H and O–H groups in total. The summed E-state index contributed by atoms with van der Waals surface area (Å²) >= 11 is 0. The Kier molecular flexibility index (Phi) is 6.84. The van der Waals surface area contributed by atoms with E-state index in [-0.39, 0.29) is 6.04 Å². The largest absolute Gasteiger partial charge is 0.416 e. The smallest absolute Gasteiger partial charge is 0.305 e. The molecule has 0 saturated heterocycles. The Balaban J connectivity index is 1.80. The number of rotatable bonds is 7. The van der Waals surface area contributed by atoms with Gasteiger partial charge in [0.2, 0.25) is 10.0 Å². The Labute approximate surface area is 182 Å². The van der Waals surface area contributed by atoms with Crippen LogP contribution in [0.25, 0.3) is 0 Å². The lowest BCUT2D eigenvalue weighted by molar-refractivity contribution is -0.137. The van der Waals surface area contributed by atoms with Crippen molar-refractivity contribution in [3.63, 3.8) is 0 Å². The number of nitrogens with one attached hydrogen (secondary N) is 1. The monoisotopic (exact) mass is 454 g/mol. The molecule has 0 spiro atoms. The number of alkyl halides is 3. The van der Waals surface area contributed by atoms with Crippen LogP contribution in [0.2, 0.25) is 0 Å². The van der Waals surface area contributed by atoms with Gasteiger partial charge in [-0.1, -0.05) is 24.3 Å². The van der Waals surface area contributed by atoms with Gasteiger partial charge < -0.3 is 4.90 Å². The molecule has 0 amide bonds.